The number of nitrogens with zero attached hydrogens (tertiary/aromatic N) is 1. The molecule has 122 valence electrons. The van der Waals surface area contributed by atoms with Crippen molar-refractivity contribution in [3.05, 3.63) is 30.3 Å². The number of hydrogen-bond acceptors (Lipinski definition) is 3. The van der Waals surface area contributed by atoms with Gasteiger partial charge in [-0.3, -0.25) is 4.21 Å². The molecule has 1 heterocycles. The van der Waals surface area contributed by atoms with Crippen LogP contribution in [0.2, 0.25) is 0 Å². The van der Waals surface area contributed by atoms with Crippen molar-refractivity contribution in [2.45, 2.75) is 30.8 Å². The Balaban J connectivity index is 1.67. The number of benzene rings is 1. The number of likely N-dealkylation sites (tertiary alicyclic amines) is 1. The average molecular weight is 324 g/mol. The van der Waals surface area contributed by atoms with E-state index in [4.69, 9.17) is 4.74 Å². The monoisotopic (exact) mass is 324 g/mol. The molecule has 1 fully saturated rings. The summed E-state index contributed by atoms with van der Waals surface area (Å²) in [6.45, 7) is 4.58. The van der Waals surface area contributed by atoms with Crippen molar-refractivity contribution < 1.29 is 13.7 Å². The zero-order chi connectivity index (χ0) is 15.8. The fraction of sp³-hybridized carbons (Fsp3) is 0.562. The highest BCUT2D eigenvalue weighted by Crippen LogP contribution is 2.13. The number of carbonyl (C=O) groups excluding carboxylic acids is 1. The minimum absolute atomic E-state index is 0.0694. The van der Waals surface area contributed by atoms with Crippen molar-refractivity contribution in [1.82, 2.24) is 10.2 Å². The average Bonchev–Trinajstić information content (AvgIpc) is 2.56. The van der Waals surface area contributed by atoms with E-state index in [0.29, 0.717) is 12.3 Å². The fourth-order valence-electron chi connectivity index (χ4n) is 2.51. The highest BCUT2D eigenvalue weighted by Gasteiger charge is 2.22. The zero-order valence-corrected chi connectivity index (χ0v) is 13.8. The Morgan fingerprint density at radius 2 is 2.00 bits per heavy atom. The molecule has 0 unspecified atom stereocenters. The lowest BCUT2D eigenvalue weighted by molar-refractivity contribution is 0.0221. The van der Waals surface area contributed by atoms with Crippen molar-refractivity contribution in [2.75, 3.05) is 32.0 Å². The van der Waals surface area contributed by atoms with Gasteiger partial charge in [0.25, 0.3) is 0 Å². The van der Waals surface area contributed by atoms with Gasteiger partial charge in [0.15, 0.2) is 0 Å². The van der Waals surface area contributed by atoms with Gasteiger partial charge in [-0.15, -0.1) is 0 Å². The van der Waals surface area contributed by atoms with Gasteiger partial charge in [0.2, 0.25) is 0 Å². The van der Waals surface area contributed by atoms with Crippen LogP contribution in [-0.2, 0) is 15.5 Å². The van der Waals surface area contributed by atoms with Gasteiger partial charge < -0.3 is 15.0 Å². The zero-order valence-electron chi connectivity index (χ0n) is 13.0. The van der Waals surface area contributed by atoms with Crippen LogP contribution in [0.15, 0.2) is 35.2 Å². The van der Waals surface area contributed by atoms with Gasteiger partial charge >= 0.3 is 6.03 Å². The summed E-state index contributed by atoms with van der Waals surface area (Å²) in [4.78, 5) is 14.7. The Hall–Kier alpha value is -1.40. The summed E-state index contributed by atoms with van der Waals surface area (Å²) in [5.74, 6) is 0.436. The number of carbonyl (C=O) groups is 1. The normalized spacial score (nSPS) is 17.2. The topological polar surface area (TPSA) is 58.6 Å². The quantitative estimate of drug-likeness (QED) is 0.871. The van der Waals surface area contributed by atoms with E-state index in [2.05, 4.69) is 5.32 Å². The molecule has 1 aromatic rings. The van der Waals surface area contributed by atoms with Crippen molar-refractivity contribution >= 4 is 16.8 Å². The SMILES string of the molecule is CCOC1CCN(C(=O)NCC[S@](=O)c2ccccc2)CC1. The van der Waals surface area contributed by atoms with E-state index >= 15 is 0 Å². The summed E-state index contributed by atoms with van der Waals surface area (Å²) < 4.78 is 17.6. The molecule has 0 aromatic heterocycles. The number of urea groups is 1. The molecule has 1 aromatic carbocycles. The van der Waals surface area contributed by atoms with E-state index in [1.807, 2.05) is 37.3 Å². The van der Waals surface area contributed by atoms with Crippen LogP contribution in [0.1, 0.15) is 19.8 Å². The molecule has 0 bridgehead atoms. The molecule has 0 radical (unpaired) electrons. The number of ether oxygens (including phenoxy) is 1. The molecule has 0 aliphatic carbocycles. The summed E-state index contributed by atoms with van der Waals surface area (Å²) in [5, 5.41) is 2.85. The highest BCUT2D eigenvalue weighted by molar-refractivity contribution is 7.85. The van der Waals surface area contributed by atoms with Crippen LogP contribution in [0.5, 0.6) is 0 Å². The number of amides is 2. The van der Waals surface area contributed by atoms with Gasteiger partial charge in [-0.2, -0.15) is 0 Å². The lowest BCUT2D eigenvalue weighted by Gasteiger charge is -2.31. The molecule has 5 nitrogen and oxygen atoms in total. The van der Waals surface area contributed by atoms with Gasteiger partial charge in [0.05, 0.1) is 16.9 Å². The minimum atomic E-state index is -1.07. The van der Waals surface area contributed by atoms with Crippen molar-refractivity contribution in [1.29, 1.82) is 0 Å². The first-order valence-electron chi connectivity index (χ1n) is 7.78. The Morgan fingerprint density at radius 1 is 1.32 bits per heavy atom. The van der Waals surface area contributed by atoms with Crippen LogP contribution < -0.4 is 5.32 Å². The molecule has 1 atom stereocenters. The standard InChI is InChI=1S/C16H24N2O3S/c1-2-21-14-8-11-18(12-9-14)16(19)17-10-13-22(20)15-6-4-3-5-7-15/h3-7,14H,2,8-13H2,1H3,(H,17,19)/t22-/m0/s1. The van der Waals surface area contributed by atoms with Gasteiger partial charge in [0, 0.05) is 36.9 Å². The molecule has 0 saturated carbocycles. The molecule has 2 amide bonds. The van der Waals surface area contributed by atoms with Crippen LogP contribution in [0.3, 0.4) is 0 Å². The van der Waals surface area contributed by atoms with Gasteiger partial charge in [-0.1, -0.05) is 18.2 Å². The first-order chi connectivity index (χ1) is 10.7. The van der Waals surface area contributed by atoms with Crippen LogP contribution in [0, 0.1) is 0 Å². The lowest BCUT2D eigenvalue weighted by atomic mass is 10.1. The maximum atomic E-state index is 12.1. The predicted molar refractivity (Wildman–Crippen MR) is 87.3 cm³/mol. The maximum Gasteiger partial charge on any atom is 0.317 e. The number of rotatable bonds is 6. The van der Waals surface area contributed by atoms with Crippen molar-refractivity contribution in [2.24, 2.45) is 0 Å². The van der Waals surface area contributed by atoms with Crippen LogP contribution in [-0.4, -0.2) is 53.2 Å². The third-order valence-electron chi connectivity index (χ3n) is 3.70. The van der Waals surface area contributed by atoms with Crippen LogP contribution >= 0.6 is 0 Å². The molecule has 0 spiro atoms. The molecule has 1 N–H and O–H groups in total. The summed E-state index contributed by atoms with van der Waals surface area (Å²) in [6.07, 6.45) is 2.05. The first-order valence-corrected chi connectivity index (χ1v) is 9.10. The molecule has 2 rings (SSSR count). The van der Waals surface area contributed by atoms with Gasteiger partial charge in [0.1, 0.15) is 0 Å². The number of nitrogens with one attached hydrogen (secondary N) is 1. The third kappa shape index (κ3) is 5.10. The molecule has 1 aliphatic rings. The van der Waals surface area contributed by atoms with E-state index in [-0.39, 0.29) is 12.1 Å². The largest absolute Gasteiger partial charge is 0.378 e. The fourth-order valence-corrected chi connectivity index (χ4v) is 3.50. The summed E-state index contributed by atoms with van der Waals surface area (Å²) >= 11 is 0. The second-order valence-electron chi connectivity index (χ2n) is 5.24. The Bertz CT molecular complexity index is 487. The van der Waals surface area contributed by atoms with Gasteiger partial charge in [-0.25, -0.2) is 4.79 Å². The van der Waals surface area contributed by atoms with E-state index in [1.165, 1.54) is 0 Å². The summed E-state index contributed by atoms with van der Waals surface area (Å²) in [7, 11) is -1.07. The second kappa shape index (κ2) is 8.90. The molecule has 1 aliphatic heterocycles. The minimum Gasteiger partial charge on any atom is -0.378 e. The Morgan fingerprint density at radius 3 is 2.64 bits per heavy atom. The molecular formula is C16H24N2O3S. The molecule has 6 heteroatoms. The smallest absolute Gasteiger partial charge is 0.317 e. The predicted octanol–water partition coefficient (Wildman–Crippen LogP) is 2.00. The number of hydrogen-bond donors (Lipinski definition) is 1. The second-order valence-corrected chi connectivity index (χ2v) is 6.81. The van der Waals surface area contributed by atoms with Crippen molar-refractivity contribution in [3.63, 3.8) is 0 Å². The maximum absolute atomic E-state index is 12.1. The summed E-state index contributed by atoms with van der Waals surface area (Å²) in [5.41, 5.74) is 0. The van der Waals surface area contributed by atoms with E-state index in [1.54, 1.807) is 4.90 Å². The van der Waals surface area contributed by atoms with Crippen LogP contribution in [0.4, 0.5) is 4.79 Å². The Kier molecular flexibility index (Phi) is 6.86. The van der Waals surface area contributed by atoms with Crippen LogP contribution in [0.25, 0.3) is 0 Å². The summed E-state index contributed by atoms with van der Waals surface area (Å²) in [6, 6.07) is 9.25. The van der Waals surface area contributed by atoms with Gasteiger partial charge in [-0.05, 0) is 31.9 Å². The first kappa shape index (κ1) is 17.0. The third-order valence-corrected chi connectivity index (χ3v) is 5.07. The molecular weight excluding hydrogens is 300 g/mol. The number of piperidine rings is 1. The Labute approximate surface area is 134 Å². The van der Waals surface area contributed by atoms with Crippen molar-refractivity contribution in [3.8, 4) is 0 Å². The molecule has 1 saturated heterocycles. The lowest BCUT2D eigenvalue weighted by Crippen LogP contribution is -2.46. The highest BCUT2D eigenvalue weighted by atomic mass is 32.2. The molecule has 22 heavy (non-hydrogen) atoms. The van der Waals surface area contributed by atoms with E-state index < -0.39 is 10.8 Å². The van der Waals surface area contributed by atoms with E-state index in [9.17, 15) is 9.00 Å². The van der Waals surface area contributed by atoms with E-state index in [0.717, 1.165) is 37.4 Å².